The maximum Gasteiger partial charge on any atom is 0.239 e. The zero-order chi connectivity index (χ0) is 11.4. The molecule has 4 nitrogen and oxygen atoms in total. The number of amides is 1. The summed E-state index contributed by atoms with van der Waals surface area (Å²) >= 11 is 0. The second kappa shape index (κ2) is 5.33. The summed E-state index contributed by atoms with van der Waals surface area (Å²) in [5.74, 6) is 2.92. The number of hydrogen-bond acceptors (Lipinski definition) is 3. The summed E-state index contributed by atoms with van der Waals surface area (Å²) < 4.78 is 0. The minimum absolute atomic E-state index is 0.0687. The summed E-state index contributed by atoms with van der Waals surface area (Å²) in [5.41, 5.74) is 0. The van der Waals surface area contributed by atoms with Crippen LogP contribution in [-0.4, -0.2) is 61.0 Å². The average Bonchev–Trinajstić information content (AvgIpc) is 2.83. The molecule has 0 aromatic carbocycles. The second-order valence-corrected chi connectivity index (χ2v) is 4.45. The number of nitrogens with zero attached hydrogens (tertiary/aromatic N) is 2. The van der Waals surface area contributed by atoms with E-state index in [1.165, 1.54) is 0 Å². The minimum atomic E-state index is 0.0687. The number of rotatable bonds is 2. The van der Waals surface area contributed by atoms with Gasteiger partial charge in [0.05, 0.1) is 12.6 Å². The number of hydrogen-bond donors (Lipinski definition) is 1. The molecule has 0 aromatic rings. The Morgan fingerprint density at radius 1 is 1.38 bits per heavy atom. The average molecular weight is 221 g/mol. The first-order valence-electron chi connectivity index (χ1n) is 5.99. The predicted octanol–water partition coefficient (Wildman–Crippen LogP) is -0.484. The molecule has 88 valence electrons. The standard InChI is InChI=1S/C12H19N3O/c1-2-6-14-7-9-15(10-8-14)12(16)11-4-3-5-13-11/h1,11,13H,3-10H2/t11-/m0/s1. The van der Waals surface area contributed by atoms with Crippen molar-refractivity contribution in [2.24, 2.45) is 0 Å². The molecule has 2 heterocycles. The fourth-order valence-electron chi connectivity index (χ4n) is 2.37. The maximum atomic E-state index is 12.1. The van der Waals surface area contributed by atoms with Gasteiger partial charge in [0.25, 0.3) is 0 Å². The predicted molar refractivity (Wildman–Crippen MR) is 62.9 cm³/mol. The highest BCUT2D eigenvalue weighted by atomic mass is 16.2. The highest BCUT2D eigenvalue weighted by Gasteiger charge is 2.28. The quantitative estimate of drug-likeness (QED) is 0.640. The number of terminal acetylenes is 1. The molecular weight excluding hydrogens is 202 g/mol. The molecule has 4 heteroatoms. The molecule has 0 bridgehead atoms. The van der Waals surface area contributed by atoms with Gasteiger partial charge in [0, 0.05) is 26.2 Å². The van der Waals surface area contributed by atoms with Gasteiger partial charge in [-0.3, -0.25) is 9.69 Å². The van der Waals surface area contributed by atoms with Crippen LogP contribution < -0.4 is 5.32 Å². The first-order valence-corrected chi connectivity index (χ1v) is 5.99. The van der Waals surface area contributed by atoms with Crippen LogP contribution in [-0.2, 0) is 4.79 Å². The first-order chi connectivity index (χ1) is 7.81. The lowest BCUT2D eigenvalue weighted by Gasteiger charge is -2.35. The van der Waals surface area contributed by atoms with Crippen molar-refractivity contribution >= 4 is 5.91 Å². The van der Waals surface area contributed by atoms with Gasteiger partial charge >= 0.3 is 0 Å². The van der Waals surface area contributed by atoms with Crippen LogP contribution in [0.2, 0.25) is 0 Å². The van der Waals surface area contributed by atoms with Gasteiger partial charge in [0.2, 0.25) is 5.91 Å². The number of piperazine rings is 1. The van der Waals surface area contributed by atoms with Crippen molar-refractivity contribution in [1.29, 1.82) is 0 Å². The van der Waals surface area contributed by atoms with E-state index in [1.54, 1.807) is 0 Å². The Bertz CT molecular complexity index is 283. The first kappa shape index (κ1) is 11.4. The Hall–Kier alpha value is -1.05. The van der Waals surface area contributed by atoms with E-state index < -0.39 is 0 Å². The van der Waals surface area contributed by atoms with Crippen molar-refractivity contribution < 1.29 is 4.79 Å². The molecule has 0 saturated carbocycles. The van der Waals surface area contributed by atoms with Gasteiger partial charge in [-0.1, -0.05) is 5.92 Å². The van der Waals surface area contributed by atoms with E-state index in [0.29, 0.717) is 6.54 Å². The smallest absolute Gasteiger partial charge is 0.239 e. The fourth-order valence-corrected chi connectivity index (χ4v) is 2.37. The molecule has 0 radical (unpaired) electrons. The molecule has 1 atom stereocenters. The Balaban J connectivity index is 1.80. The van der Waals surface area contributed by atoms with Gasteiger partial charge in [-0.2, -0.15) is 0 Å². The van der Waals surface area contributed by atoms with E-state index in [4.69, 9.17) is 6.42 Å². The van der Waals surface area contributed by atoms with Gasteiger partial charge in [-0.25, -0.2) is 0 Å². The summed E-state index contributed by atoms with van der Waals surface area (Å²) in [5, 5.41) is 3.25. The fraction of sp³-hybridized carbons (Fsp3) is 0.750. The molecule has 16 heavy (non-hydrogen) atoms. The van der Waals surface area contributed by atoms with E-state index in [0.717, 1.165) is 45.6 Å². The molecule has 2 aliphatic heterocycles. The SMILES string of the molecule is C#CCN1CCN(C(=O)[C@@H]2CCCN2)CC1. The zero-order valence-electron chi connectivity index (χ0n) is 9.61. The van der Waals surface area contributed by atoms with Crippen molar-refractivity contribution in [3.63, 3.8) is 0 Å². The van der Waals surface area contributed by atoms with E-state index in [9.17, 15) is 4.79 Å². The molecule has 2 aliphatic rings. The third kappa shape index (κ3) is 2.55. The lowest BCUT2D eigenvalue weighted by Crippen LogP contribution is -2.53. The van der Waals surface area contributed by atoms with Crippen molar-refractivity contribution in [3.05, 3.63) is 0 Å². The van der Waals surface area contributed by atoms with Gasteiger partial charge < -0.3 is 10.2 Å². The van der Waals surface area contributed by atoms with Crippen molar-refractivity contribution in [2.75, 3.05) is 39.3 Å². The molecule has 0 unspecified atom stereocenters. The lowest BCUT2D eigenvalue weighted by atomic mass is 10.2. The van der Waals surface area contributed by atoms with E-state index in [1.807, 2.05) is 4.90 Å². The molecule has 2 saturated heterocycles. The molecular formula is C12H19N3O. The third-order valence-corrected chi connectivity index (χ3v) is 3.36. The van der Waals surface area contributed by atoms with Crippen LogP contribution in [0.1, 0.15) is 12.8 Å². The van der Waals surface area contributed by atoms with Crippen LogP contribution in [0.25, 0.3) is 0 Å². The van der Waals surface area contributed by atoms with Crippen LogP contribution in [0.4, 0.5) is 0 Å². The topological polar surface area (TPSA) is 35.6 Å². The van der Waals surface area contributed by atoms with Gasteiger partial charge in [0.15, 0.2) is 0 Å². The van der Waals surface area contributed by atoms with Crippen molar-refractivity contribution in [3.8, 4) is 12.3 Å². The van der Waals surface area contributed by atoms with Crippen LogP contribution in [0.15, 0.2) is 0 Å². The monoisotopic (exact) mass is 221 g/mol. The Kier molecular flexibility index (Phi) is 3.81. The summed E-state index contributed by atoms with van der Waals surface area (Å²) in [6.07, 6.45) is 7.38. The van der Waals surface area contributed by atoms with Crippen LogP contribution in [0.3, 0.4) is 0 Å². The van der Waals surface area contributed by atoms with Crippen LogP contribution in [0, 0.1) is 12.3 Å². The second-order valence-electron chi connectivity index (χ2n) is 4.45. The molecule has 1 N–H and O–H groups in total. The largest absolute Gasteiger partial charge is 0.339 e. The third-order valence-electron chi connectivity index (χ3n) is 3.36. The summed E-state index contributed by atoms with van der Waals surface area (Å²) in [7, 11) is 0. The minimum Gasteiger partial charge on any atom is -0.339 e. The van der Waals surface area contributed by atoms with Crippen LogP contribution >= 0.6 is 0 Å². The van der Waals surface area contributed by atoms with E-state index in [-0.39, 0.29) is 11.9 Å². The zero-order valence-corrected chi connectivity index (χ0v) is 9.61. The summed E-state index contributed by atoms with van der Waals surface area (Å²) in [6, 6.07) is 0.0687. The summed E-state index contributed by atoms with van der Waals surface area (Å²) in [4.78, 5) is 16.3. The molecule has 0 aliphatic carbocycles. The maximum absolute atomic E-state index is 12.1. The lowest BCUT2D eigenvalue weighted by molar-refractivity contribution is -0.134. The van der Waals surface area contributed by atoms with Crippen molar-refractivity contribution in [2.45, 2.75) is 18.9 Å². The number of nitrogens with one attached hydrogen (secondary N) is 1. The molecule has 0 spiro atoms. The van der Waals surface area contributed by atoms with Crippen molar-refractivity contribution in [1.82, 2.24) is 15.1 Å². The van der Waals surface area contributed by atoms with Gasteiger partial charge in [-0.15, -0.1) is 6.42 Å². The van der Waals surface area contributed by atoms with Gasteiger partial charge in [0.1, 0.15) is 0 Å². The Labute approximate surface area is 97.0 Å². The molecule has 0 aromatic heterocycles. The highest BCUT2D eigenvalue weighted by Crippen LogP contribution is 2.10. The normalized spacial score (nSPS) is 26.7. The van der Waals surface area contributed by atoms with Crippen LogP contribution in [0.5, 0.6) is 0 Å². The Morgan fingerprint density at radius 2 is 2.12 bits per heavy atom. The Morgan fingerprint density at radius 3 is 2.69 bits per heavy atom. The van der Waals surface area contributed by atoms with E-state index >= 15 is 0 Å². The summed E-state index contributed by atoms with van der Waals surface area (Å²) in [6.45, 7) is 5.12. The number of carbonyl (C=O) groups is 1. The highest BCUT2D eigenvalue weighted by molar-refractivity contribution is 5.82. The number of carbonyl (C=O) groups excluding carboxylic acids is 1. The molecule has 1 amide bonds. The van der Waals surface area contributed by atoms with Gasteiger partial charge in [-0.05, 0) is 19.4 Å². The molecule has 2 fully saturated rings. The molecule has 2 rings (SSSR count). The van der Waals surface area contributed by atoms with E-state index in [2.05, 4.69) is 16.1 Å².